The van der Waals surface area contributed by atoms with Gasteiger partial charge in [0.2, 0.25) is 11.8 Å². The Bertz CT molecular complexity index is 362. The monoisotopic (exact) mass is 240 g/mol. The fourth-order valence-corrected chi connectivity index (χ4v) is 1.60. The molecule has 0 aliphatic rings. The Kier molecular flexibility index (Phi) is 5.09. The van der Waals surface area contributed by atoms with E-state index in [4.69, 9.17) is 10.3 Å². The van der Waals surface area contributed by atoms with Gasteiger partial charge >= 0.3 is 0 Å². The van der Waals surface area contributed by atoms with Crippen LogP contribution >= 0.6 is 0 Å². The topological polar surface area (TPSA) is 94.0 Å². The lowest BCUT2D eigenvalue weighted by Gasteiger charge is -2.15. The Morgan fingerprint density at radius 1 is 1.53 bits per heavy atom. The molecular weight excluding hydrogens is 220 g/mol. The van der Waals surface area contributed by atoms with Crippen molar-refractivity contribution in [3.8, 4) is 0 Å². The van der Waals surface area contributed by atoms with Gasteiger partial charge in [-0.1, -0.05) is 19.0 Å². The van der Waals surface area contributed by atoms with E-state index in [1.165, 1.54) is 0 Å². The Balaban J connectivity index is 2.42. The summed E-state index contributed by atoms with van der Waals surface area (Å²) < 4.78 is 4.81. The summed E-state index contributed by atoms with van der Waals surface area (Å²) in [5.41, 5.74) is 5.58. The second kappa shape index (κ2) is 6.34. The van der Waals surface area contributed by atoms with Crippen molar-refractivity contribution in [1.29, 1.82) is 0 Å². The molecule has 3 N–H and O–H groups in total. The first-order valence-electron chi connectivity index (χ1n) is 5.80. The van der Waals surface area contributed by atoms with E-state index in [-0.39, 0.29) is 18.4 Å². The SMILES string of the molecule is Cc1nc(CNC(=O)C(CN)CC(C)C)no1. The van der Waals surface area contributed by atoms with E-state index < -0.39 is 0 Å². The average molecular weight is 240 g/mol. The third-order valence-corrected chi connectivity index (χ3v) is 2.40. The van der Waals surface area contributed by atoms with Gasteiger partial charge in [0, 0.05) is 13.5 Å². The van der Waals surface area contributed by atoms with Crippen LogP contribution in [-0.4, -0.2) is 22.6 Å². The van der Waals surface area contributed by atoms with Gasteiger partial charge in [0.25, 0.3) is 0 Å². The lowest BCUT2D eigenvalue weighted by atomic mass is 9.96. The van der Waals surface area contributed by atoms with Gasteiger partial charge in [-0.2, -0.15) is 4.98 Å². The van der Waals surface area contributed by atoms with Crippen LogP contribution in [0, 0.1) is 18.8 Å². The van der Waals surface area contributed by atoms with Crippen LogP contribution in [0.4, 0.5) is 0 Å². The summed E-state index contributed by atoms with van der Waals surface area (Å²) in [4.78, 5) is 15.8. The molecule has 0 fully saturated rings. The van der Waals surface area contributed by atoms with Crippen LogP contribution in [0.15, 0.2) is 4.52 Å². The van der Waals surface area contributed by atoms with Crippen molar-refractivity contribution < 1.29 is 9.32 Å². The fraction of sp³-hybridized carbons (Fsp3) is 0.727. The number of hydrogen-bond acceptors (Lipinski definition) is 5. The van der Waals surface area contributed by atoms with E-state index in [1.807, 2.05) is 0 Å². The third kappa shape index (κ3) is 4.52. The van der Waals surface area contributed by atoms with E-state index in [1.54, 1.807) is 6.92 Å². The molecule has 0 aliphatic carbocycles. The smallest absolute Gasteiger partial charge is 0.224 e. The highest BCUT2D eigenvalue weighted by Gasteiger charge is 2.18. The van der Waals surface area contributed by atoms with E-state index in [0.717, 1.165) is 6.42 Å². The Labute approximate surface area is 101 Å². The van der Waals surface area contributed by atoms with E-state index >= 15 is 0 Å². The minimum Gasteiger partial charge on any atom is -0.348 e. The molecule has 1 aromatic heterocycles. The molecule has 0 saturated carbocycles. The summed E-state index contributed by atoms with van der Waals surface area (Å²) in [6.45, 7) is 6.48. The number of carbonyl (C=O) groups is 1. The minimum atomic E-state index is -0.150. The lowest BCUT2D eigenvalue weighted by molar-refractivity contribution is -0.125. The molecule has 0 aliphatic heterocycles. The lowest BCUT2D eigenvalue weighted by Crippen LogP contribution is -2.35. The quantitative estimate of drug-likeness (QED) is 0.760. The molecule has 0 radical (unpaired) electrons. The summed E-state index contributed by atoms with van der Waals surface area (Å²) in [5.74, 6) is 1.22. The predicted molar refractivity (Wildman–Crippen MR) is 62.9 cm³/mol. The highest BCUT2D eigenvalue weighted by Crippen LogP contribution is 2.10. The number of hydrogen-bond donors (Lipinski definition) is 2. The van der Waals surface area contributed by atoms with Gasteiger partial charge in [-0.25, -0.2) is 0 Å². The zero-order valence-corrected chi connectivity index (χ0v) is 10.6. The van der Waals surface area contributed by atoms with Crippen molar-refractivity contribution in [2.75, 3.05) is 6.54 Å². The van der Waals surface area contributed by atoms with Crippen LogP contribution in [0.3, 0.4) is 0 Å². The molecule has 0 bridgehead atoms. The number of rotatable bonds is 6. The summed E-state index contributed by atoms with van der Waals surface area (Å²) in [6, 6.07) is 0. The second-order valence-corrected chi connectivity index (χ2v) is 4.51. The largest absolute Gasteiger partial charge is 0.348 e. The molecule has 1 amide bonds. The van der Waals surface area contributed by atoms with Crippen LogP contribution in [-0.2, 0) is 11.3 Å². The Morgan fingerprint density at radius 2 is 2.24 bits per heavy atom. The first-order valence-corrected chi connectivity index (χ1v) is 5.80. The Hall–Kier alpha value is -1.43. The molecule has 96 valence electrons. The zero-order chi connectivity index (χ0) is 12.8. The molecule has 1 aromatic rings. The van der Waals surface area contributed by atoms with Gasteiger partial charge in [0.1, 0.15) is 0 Å². The van der Waals surface area contributed by atoms with Crippen LogP contribution in [0.1, 0.15) is 32.0 Å². The van der Waals surface area contributed by atoms with Crippen molar-refractivity contribution in [2.24, 2.45) is 17.6 Å². The highest BCUT2D eigenvalue weighted by atomic mass is 16.5. The Morgan fingerprint density at radius 3 is 2.71 bits per heavy atom. The molecular formula is C11H20N4O2. The molecule has 6 heteroatoms. The molecule has 1 rings (SSSR count). The number of carbonyl (C=O) groups excluding carboxylic acids is 1. The fourth-order valence-electron chi connectivity index (χ4n) is 1.60. The first kappa shape index (κ1) is 13.6. The molecule has 1 unspecified atom stereocenters. The van der Waals surface area contributed by atoms with Gasteiger partial charge in [-0.15, -0.1) is 0 Å². The maximum atomic E-state index is 11.8. The van der Waals surface area contributed by atoms with Crippen molar-refractivity contribution in [2.45, 2.75) is 33.7 Å². The van der Waals surface area contributed by atoms with Crippen LogP contribution in [0.5, 0.6) is 0 Å². The summed E-state index contributed by atoms with van der Waals surface area (Å²) in [5, 5.41) is 6.47. The van der Waals surface area contributed by atoms with E-state index in [2.05, 4.69) is 29.3 Å². The van der Waals surface area contributed by atoms with Crippen LogP contribution < -0.4 is 11.1 Å². The number of nitrogens with zero attached hydrogens (tertiary/aromatic N) is 2. The van der Waals surface area contributed by atoms with Gasteiger partial charge in [-0.3, -0.25) is 4.79 Å². The molecule has 1 heterocycles. The normalized spacial score (nSPS) is 12.8. The minimum absolute atomic E-state index is 0.0522. The van der Waals surface area contributed by atoms with Crippen molar-refractivity contribution in [3.05, 3.63) is 11.7 Å². The standard InChI is InChI=1S/C11H20N4O2/c1-7(2)4-9(5-12)11(16)13-6-10-14-8(3)17-15-10/h7,9H,4-6,12H2,1-3H3,(H,13,16). The number of amides is 1. The molecule has 6 nitrogen and oxygen atoms in total. The number of nitrogens with two attached hydrogens (primary N) is 1. The summed E-state index contributed by atoms with van der Waals surface area (Å²) in [7, 11) is 0. The molecule has 0 spiro atoms. The summed E-state index contributed by atoms with van der Waals surface area (Å²) in [6.07, 6.45) is 0.785. The van der Waals surface area contributed by atoms with Gasteiger partial charge in [0.05, 0.1) is 12.5 Å². The maximum Gasteiger partial charge on any atom is 0.224 e. The van der Waals surface area contributed by atoms with Crippen LogP contribution in [0.25, 0.3) is 0 Å². The number of nitrogens with one attached hydrogen (secondary N) is 1. The summed E-state index contributed by atoms with van der Waals surface area (Å²) >= 11 is 0. The van der Waals surface area contributed by atoms with Gasteiger partial charge in [-0.05, 0) is 12.3 Å². The molecule has 0 aromatic carbocycles. The predicted octanol–water partition coefficient (Wildman–Crippen LogP) is 0.615. The van der Waals surface area contributed by atoms with Gasteiger partial charge < -0.3 is 15.6 Å². The number of aromatic nitrogens is 2. The van der Waals surface area contributed by atoms with Crippen molar-refractivity contribution in [1.82, 2.24) is 15.5 Å². The molecule has 1 atom stereocenters. The van der Waals surface area contributed by atoms with Crippen molar-refractivity contribution in [3.63, 3.8) is 0 Å². The molecule has 17 heavy (non-hydrogen) atoms. The highest BCUT2D eigenvalue weighted by molar-refractivity contribution is 5.78. The van der Waals surface area contributed by atoms with E-state index in [9.17, 15) is 4.79 Å². The van der Waals surface area contributed by atoms with Crippen molar-refractivity contribution >= 4 is 5.91 Å². The van der Waals surface area contributed by atoms with Gasteiger partial charge in [0.15, 0.2) is 5.82 Å². The maximum absolute atomic E-state index is 11.8. The average Bonchev–Trinajstić information content (AvgIpc) is 2.68. The zero-order valence-electron chi connectivity index (χ0n) is 10.6. The third-order valence-electron chi connectivity index (χ3n) is 2.40. The first-order chi connectivity index (χ1) is 8.02. The molecule has 0 saturated heterocycles. The second-order valence-electron chi connectivity index (χ2n) is 4.51. The van der Waals surface area contributed by atoms with E-state index in [0.29, 0.717) is 24.2 Å². The number of aryl methyl sites for hydroxylation is 1. The van der Waals surface area contributed by atoms with Crippen LogP contribution in [0.2, 0.25) is 0 Å².